The molecule has 2 aromatic rings. The molecule has 0 aliphatic heterocycles. The first-order valence-corrected chi connectivity index (χ1v) is 7.39. The summed E-state index contributed by atoms with van der Waals surface area (Å²) in [6.45, 7) is 0.286. The number of halogens is 3. The lowest BCUT2D eigenvalue weighted by molar-refractivity contribution is -0.123. The summed E-state index contributed by atoms with van der Waals surface area (Å²) in [7, 11) is 0. The van der Waals surface area contributed by atoms with Crippen LogP contribution in [0.15, 0.2) is 42.5 Å². The van der Waals surface area contributed by atoms with Crippen molar-refractivity contribution in [1.82, 2.24) is 5.32 Å². The Labute approximate surface area is 138 Å². The molecule has 0 aromatic heterocycles. The van der Waals surface area contributed by atoms with Gasteiger partial charge in [-0.05, 0) is 36.2 Å². The van der Waals surface area contributed by atoms with Gasteiger partial charge in [0.15, 0.2) is 6.61 Å². The molecule has 0 bridgehead atoms. The van der Waals surface area contributed by atoms with Gasteiger partial charge >= 0.3 is 0 Å². The van der Waals surface area contributed by atoms with Crippen molar-refractivity contribution in [1.29, 1.82) is 0 Å². The van der Waals surface area contributed by atoms with Gasteiger partial charge in [0.2, 0.25) is 0 Å². The van der Waals surface area contributed by atoms with Crippen molar-refractivity contribution in [3.8, 4) is 5.75 Å². The first-order chi connectivity index (χ1) is 10.5. The molecule has 0 aliphatic carbocycles. The predicted octanol–water partition coefficient (Wildman–Crippen LogP) is 3.87. The molecule has 22 heavy (non-hydrogen) atoms. The van der Waals surface area contributed by atoms with E-state index in [0.29, 0.717) is 28.8 Å². The van der Waals surface area contributed by atoms with Crippen LogP contribution in [0.5, 0.6) is 5.75 Å². The third-order valence-corrected chi connectivity index (χ3v) is 3.62. The number of rotatable bonds is 6. The second-order valence-corrected chi connectivity index (χ2v) is 5.41. The molecule has 116 valence electrons. The number of amides is 1. The van der Waals surface area contributed by atoms with Crippen molar-refractivity contribution in [3.05, 3.63) is 63.9 Å². The number of hydrogen-bond acceptors (Lipinski definition) is 2. The highest BCUT2D eigenvalue weighted by molar-refractivity contribution is 6.42. The average Bonchev–Trinajstić information content (AvgIpc) is 2.48. The van der Waals surface area contributed by atoms with Gasteiger partial charge < -0.3 is 10.1 Å². The van der Waals surface area contributed by atoms with E-state index in [-0.39, 0.29) is 18.3 Å². The molecule has 3 nitrogen and oxygen atoms in total. The Bertz CT molecular complexity index is 664. The number of carbonyl (C=O) groups excluding carboxylic acids is 1. The average molecular weight is 342 g/mol. The number of ether oxygens (including phenoxy) is 1. The minimum atomic E-state index is -0.285. The van der Waals surface area contributed by atoms with Crippen molar-refractivity contribution < 1.29 is 13.9 Å². The maximum atomic E-state index is 13.0. The highest BCUT2D eigenvalue weighted by Crippen LogP contribution is 2.26. The van der Waals surface area contributed by atoms with E-state index < -0.39 is 0 Å². The number of hydrogen-bond donors (Lipinski definition) is 1. The third kappa shape index (κ3) is 5.20. The van der Waals surface area contributed by atoms with Crippen LogP contribution in [-0.4, -0.2) is 19.1 Å². The molecule has 0 radical (unpaired) electrons. The lowest BCUT2D eigenvalue weighted by Gasteiger charge is -2.08. The van der Waals surface area contributed by atoms with Crippen LogP contribution in [0.25, 0.3) is 0 Å². The lowest BCUT2D eigenvalue weighted by Crippen LogP contribution is -2.30. The van der Waals surface area contributed by atoms with E-state index in [1.807, 2.05) is 0 Å². The lowest BCUT2D eigenvalue weighted by atomic mass is 10.1. The minimum Gasteiger partial charge on any atom is -0.484 e. The van der Waals surface area contributed by atoms with Gasteiger partial charge in [0.25, 0.3) is 5.91 Å². The second kappa shape index (κ2) is 8.01. The number of benzene rings is 2. The summed E-state index contributed by atoms with van der Waals surface area (Å²) in [4.78, 5) is 11.7. The quantitative estimate of drug-likeness (QED) is 0.866. The van der Waals surface area contributed by atoms with Gasteiger partial charge in [0.05, 0.1) is 10.0 Å². The van der Waals surface area contributed by atoms with E-state index in [1.54, 1.807) is 30.3 Å². The molecule has 0 saturated heterocycles. The van der Waals surface area contributed by atoms with Crippen molar-refractivity contribution in [2.45, 2.75) is 6.42 Å². The highest BCUT2D eigenvalue weighted by atomic mass is 35.5. The Morgan fingerprint density at radius 3 is 2.68 bits per heavy atom. The van der Waals surface area contributed by atoms with Crippen molar-refractivity contribution in [3.63, 3.8) is 0 Å². The standard InChI is InChI=1S/C16H14Cl2FNO2/c17-14-5-4-13(9-15(14)18)22-10-16(21)20-7-6-11-2-1-3-12(19)8-11/h1-5,8-9H,6-7,10H2,(H,20,21). The van der Waals surface area contributed by atoms with Crippen LogP contribution in [0, 0.1) is 5.82 Å². The molecule has 1 amide bonds. The molecule has 1 N–H and O–H groups in total. The zero-order chi connectivity index (χ0) is 15.9. The van der Waals surface area contributed by atoms with Gasteiger partial charge in [-0.2, -0.15) is 0 Å². The zero-order valence-electron chi connectivity index (χ0n) is 11.6. The molecule has 2 aromatic carbocycles. The molecular formula is C16H14Cl2FNO2. The van der Waals surface area contributed by atoms with Crippen molar-refractivity contribution >= 4 is 29.1 Å². The third-order valence-electron chi connectivity index (χ3n) is 2.89. The van der Waals surface area contributed by atoms with E-state index in [2.05, 4.69) is 5.32 Å². The Morgan fingerprint density at radius 2 is 1.95 bits per heavy atom. The van der Waals surface area contributed by atoms with Crippen LogP contribution in [0.3, 0.4) is 0 Å². The van der Waals surface area contributed by atoms with Gasteiger partial charge in [-0.1, -0.05) is 35.3 Å². The summed E-state index contributed by atoms with van der Waals surface area (Å²) >= 11 is 11.6. The van der Waals surface area contributed by atoms with Crippen LogP contribution in [0.1, 0.15) is 5.56 Å². The molecule has 0 atom stereocenters. The first kappa shape index (κ1) is 16.6. The predicted molar refractivity (Wildman–Crippen MR) is 85.1 cm³/mol. The molecule has 0 aliphatic rings. The Morgan fingerprint density at radius 1 is 1.14 bits per heavy atom. The van der Waals surface area contributed by atoms with Crippen LogP contribution < -0.4 is 10.1 Å². The Balaban J connectivity index is 1.72. The van der Waals surface area contributed by atoms with Crippen molar-refractivity contribution in [2.75, 3.05) is 13.2 Å². The molecule has 0 fully saturated rings. The van der Waals surface area contributed by atoms with E-state index in [0.717, 1.165) is 5.56 Å². The van der Waals surface area contributed by atoms with Gasteiger partial charge in [0.1, 0.15) is 11.6 Å². The highest BCUT2D eigenvalue weighted by Gasteiger charge is 2.05. The maximum Gasteiger partial charge on any atom is 0.257 e. The zero-order valence-corrected chi connectivity index (χ0v) is 13.1. The molecule has 0 saturated carbocycles. The van der Waals surface area contributed by atoms with Crippen molar-refractivity contribution in [2.24, 2.45) is 0 Å². The van der Waals surface area contributed by atoms with Crippen LogP contribution in [0.2, 0.25) is 10.0 Å². The summed E-state index contributed by atoms with van der Waals surface area (Å²) in [6.07, 6.45) is 0.552. The normalized spacial score (nSPS) is 10.3. The van der Waals surface area contributed by atoms with Crippen LogP contribution in [0.4, 0.5) is 4.39 Å². The molecule has 2 rings (SSSR count). The summed E-state index contributed by atoms with van der Waals surface area (Å²) in [6, 6.07) is 11.0. The number of carbonyl (C=O) groups is 1. The van der Waals surface area contributed by atoms with Gasteiger partial charge in [-0.3, -0.25) is 4.79 Å². The summed E-state index contributed by atoms with van der Waals surface area (Å²) in [5, 5.41) is 3.49. The van der Waals surface area contributed by atoms with Gasteiger partial charge in [-0.25, -0.2) is 4.39 Å². The molecule has 0 heterocycles. The fraction of sp³-hybridized carbons (Fsp3) is 0.188. The minimum absolute atomic E-state index is 0.124. The van der Waals surface area contributed by atoms with Gasteiger partial charge in [-0.15, -0.1) is 0 Å². The SMILES string of the molecule is O=C(COc1ccc(Cl)c(Cl)c1)NCCc1cccc(F)c1. The number of nitrogens with one attached hydrogen (secondary N) is 1. The largest absolute Gasteiger partial charge is 0.484 e. The Kier molecular flexibility index (Phi) is 6.04. The van der Waals surface area contributed by atoms with E-state index in [4.69, 9.17) is 27.9 Å². The first-order valence-electron chi connectivity index (χ1n) is 6.63. The summed E-state index contributed by atoms with van der Waals surface area (Å²) in [5.41, 5.74) is 0.825. The van der Waals surface area contributed by atoms with E-state index >= 15 is 0 Å². The summed E-state index contributed by atoms with van der Waals surface area (Å²) < 4.78 is 18.3. The van der Waals surface area contributed by atoms with Crippen LogP contribution >= 0.6 is 23.2 Å². The van der Waals surface area contributed by atoms with E-state index in [9.17, 15) is 9.18 Å². The monoisotopic (exact) mass is 341 g/mol. The van der Waals surface area contributed by atoms with Gasteiger partial charge in [0, 0.05) is 12.6 Å². The van der Waals surface area contributed by atoms with Crippen LogP contribution in [-0.2, 0) is 11.2 Å². The maximum absolute atomic E-state index is 13.0. The smallest absolute Gasteiger partial charge is 0.257 e. The second-order valence-electron chi connectivity index (χ2n) is 4.59. The molecule has 0 unspecified atom stereocenters. The molecular weight excluding hydrogens is 328 g/mol. The Hall–Kier alpha value is -1.78. The topological polar surface area (TPSA) is 38.3 Å². The molecule has 0 spiro atoms. The van der Waals surface area contributed by atoms with E-state index in [1.165, 1.54) is 12.1 Å². The fourth-order valence-corrected chi connectivity index (χ4v) is 2.09. The molecule has 6 heteroatoms. The summed E-state index contributed by atoms with van der Waals surface area (Å²) in [5.74, 6) is -0.0797. The fourth-order valence-electron chi connectivity index (χ4n) is 1.81.